The van der Waals surface area contributed by atoms with E-state index in [1.165, 1.54) is 0 Å². The molecule has 0 bridgehead atoms. The molecule has 2 atom stereocenters. The number of fused-ring (bicyclic) bond motifs is 1. The van der Waals surface area contributed by atoms with Crippen LogP contribution in [-0.2, 0) is 22.5 Å². The first-order valence-corrected chi connectivity index (χ1v) is 8.46. The van der Waals surface area contributed by atoms with Gasteiger partial charge in [-0.15, -0.1) is 0 Å². The van der Waals surface area contributed by atoms with Crippen LogP contribution in [0.25, 0.3) is 0 Å². The summed E-state index contributed by atoms with van der Waals surface area (Å²) in [4.78, 5) is 11.6. The highest BCUT2D eigenvalue weighted by Crippen LogP contribution is 2.69. The van der Waals surface area contributed by atoms with E-state index in [4.69, 9.17) is 0 Å². The third-order valence-electron chi connectivity index (χ3n) is 3.67. The van der Waals surface area contributed by atoms with E-state index in [-0.39, 0.29) is 12.8 Å². The highest BCUT2D eigenvalue weighted by Gasteiger charge is 2.80. The van der Waals surface area contributed by atoms with Crippen LogP contribution in [0.4, 0.5) is 0 Å². The Bertz CT molecular complexity index is 544. The third-order valence-corrected chi connectivity index (χ3v) is 9.43. The van der Waals surface area contributed by atoms with Gasteiger partial charge in [0.15, 0.2) is 10.5 Å². The minimum atomic E-state index is -4.39. The van der Waals surface area contributed by atoms with Crippen LogP contribution >= 0.6 is 0 Å². The van der Waals surface area contributed by atoms with Gasteiger partial charge in [0.25, 0.3) is 17.7 Å². The maximum absolute atomic E-state index is 11.8. The van der Waals surface area contributed by atoms with Crippen molar-refractivity contribution in [1.82, 2.24) is 0 Å². The van der Waals surface area contributed by atoms with Gasteiger partial charge in [-0.3, -0.25) is 4.79 Å². The number of hydrogen-bond acceptors (Lipinski definition) is 5. The lowest BCUT2D eigenvalue weighted by atomic mass is 10.1. The van der Waals surface area contributed by atoms with E-state index in [0.717, 1.165) is 0 Å². The lowest BCUT2D eigenvalue weighted by Crippen LogP contribution is -2.37. The summed E-state index contributed by atoms with van der Waals surface area (Å²) in [5.74, 6) is -0.435. The standard InChI is InChI=1S/C8H12O5S2/c1-7-4-3-6(9)8(7,5-7)15(12,13)14(2,10)11/h3-5H2,1-2H3/t7-,8+/m1/s1. The fraction of sp³-hybridized carbons (Fsp3) is 0.875. The van der Waals surface area contributed by atoms with Crippen molar-refractivity contribution in [2.24, 2.45) is 5.41 Å². The van der Waals surface area contributed by atoms with E-state index < -0.39 is 33.7 Å². The average Bonchev–Trinajstić information content (AvgIpc) is 2.61. The first-order chi connectivity index (χ1) is 6.58. The maximum atomic E-state index is 11.8. The molecule has 2 aliphatic rings. The molecule has 0 aromatic heterocycles. The maximum Gasteiger partial charge on any atom is 0.266 e. The van der Waals surface area contributed by atoms with Gasteiger partial charge in [-0.2, -0.15) is 0 Å². The van der Waals surface area contributed by atoms with Crippen molar-refractivity contribution in [3.8, 4) is 0 Å². The highest BCUT2D eigenvalue weighted by atomic mass is 33.2. The Hall–Kier alpha value is -0.430. The number of rotatable bonds is 2. The molecular formula is C8H12O5S2. The van der Waals surface area contributed by atoms with Crippen LogP contribution in [0.5, 0.6) is 0 Å². The molecule has 0 amide bonds. The largest absolute Gasteiger partial charge is 0.298 e. The highest BCUT2D eigenvalue weighted by molar-refractivity contribution is 8.67. The molecule has 0 spiro atoms. The molecule has 2 rings (SSSR count). The fourth-order valence-corrected chi connectivity index (χ4v) is 7.32. The Morgan fingerprint density at radius 1 is 1.20 bits per heavy atom. The molecule has 0 heterocycles. The second-order valence-electron chi connectivity index (χ2n) is 4.65. The summed E-state index contributed by atoms with van der Waals surface area (Å²) in [5.41, 5.74) is -0.647. The second-order valence-corrected chi connectivity index (χ2v) is 10.8. The zero-order valence-electron chi connectivity index (χ0n) is 8.48. The second kappa shape index (κ2) is 2.45. The molecule has 5 nitrogen and oxygen atoms in total. The first kappa shape index (κ1) is 11.1. The molecule has 7 heteroatoms. The van der Waals surface area contributed by atoms with Gasteiger partial charge in [0.2, 0.25) is 0 Å². The van der Waals surface area contributed by atoms with Gasteiger partial charge in [0.05, 0.1) is 6.26 Å². The number of hydrogen-bond donors (Lipinski definition) is 0. The predicted octanol–water partition coefficient (Wildman–Crippen LogP) is -0.127. The Labute approximate surface area is 88.1 Å². The summed E-state index contributed by atoms with van der Waals surface area (Å²) in [5, 5.41) is 0. The Kier molecular flexibility index (Phi) is 1.81. The molecule has 2 fully saturated rings. The SMILES string of the molecule is C[C@]12CCC(=O)[C@@]1(S(=O)(=O)S(C)(=O)=O)C2. The van der Waals surface area contributed by atoms with E-state index in [2.05, 4.69) is 0 Å². The molecule has 86 valence electrons. The fourth-order valence-electron chi connectivity index (χ4n) is 2.61. The van der Waals surface area contributed by atoms with Gasteiger partial charge in [0, 0.05) is 6.42 Å². The summed E-state index contributed by atoms with van der Waals surface area (Å²) < 4.78 is 44.5. The monoisotopic (exact) mass is 252 g/mol. The zero-order chi connectivity index (χ0) is 11.7. The van der Waals surface area contributed by atoms with Gasteiger partial charge >= 0.3 is 0 Å². The van der Waals surface area contributed by atoms with Crippen molar-refractivity contribution in [2.45, 2.75) is 30.9 Å². The number of carbonyl (C=O) groups excluding carboxylic acids is 1. The molecule has 2 aliphatic carbocycles. The van der Waals surface area contributed by atoms with Crippen LogP contribution in [0, 0.1) is 5.41 Å². The topological polar surface area (TPSA) is 85.3 Å². The molecule has 0 N–H and O–H groups in total. The minimum absolute atomic E-state index is 0.161. The first-order valence-electron chi connectivity index (χ1n) is 4.56. The Morgan fingerprint density at radius 2 is 1.73 bits per heavy atom. The molecule has 15 heavy (non-hydrogen) atoms. The van der Waals surface area contributed by atoms with E-state index in [0.29, 0.717) is 12.7 Å². The van der Waals surface area contributed by atoms with Crippen molar-refractivity contribution in [3.63, 3.8) is 0 Å². The molecule has 0 aromatic carbocycles. The minimum Gasteiger partial charge on any atom is -0.298 e. The van der Waals surface area contributed by atoms with Crippen LogP contribution in [0.15, 0.2) is 0 Å². The van der Waals surface area contributed by atoms with Crippen LogP contribution < -0.4 is 0 Å². The molecule has 0 aliphatic heterocycles. The number of carbonyl (C=O) groups is 1. The smallest absolute Gasteiger partial charge is 0.266 e. The van der Waals surface area contributed by atoms with Crippen molar-refractivity contribution < 1.29 is 21.6 Å². The molecule has 0 aromatic rings. The van der Waals surface area contributed by atoms with Gasteiger partial charge in [-0.25, -0.2) is 16.8 Å². The predicted molar refractivity (Wildman–Crippen MR) is 53.5 cm³/mol. The molecule has 0 saturated heterocycles. The van der Waals surface area contributed by atoms with Crippen LogP contribution in [-0.4, -0.2) is 33.6 Å². The summed E-state index contributed by atoms with van der Waals surface area (Å²) in [6.45, 7) is 1.67. The number of Topliss-reactive ketones (excluding diaryl/α,β-unsaturated/α-hetero) is 1. The van der Waals surface area contributed by atoms with Crippen molar-refractivity contribution in [3.05, 3.63) is 0 Å². The zero-order valence-corrected chi connectivity index (χ0v) is 10.1. The third kappa shape index (κ3) is 1.00. The summed E-state index contributed by atoms with van der Waals surface area (Å²) in [6, 6.07) is 0. The van der Waals surface area contributed by atoms with Crippen molar-refractivity contribution >= 4 is 23.5 Å². The Balaban J connectivity index is 2.65. The molecule has 0 unspecified atom stereocenters. The van der Waals surface area contributed by atoms with Crippen molar-refractivity contribution in [2.75, 3.05) is 6.26 Å². The Morgan fingerprint density at radius 3 is 2.00 bits per heavy atom. The molecule has 0 radical (unpaired) electrons. The van der Waals surface area contributed by atoms with Gasteiger partial charge < -0.3 is 0 Å². The quantitative estimate of drug-likeness (QED) is 0.639. The number of ketones is 1. The van der Waals surface area contributed by atoms with E-state index in [1.54, 1.807) is 6.92 Å². The summed E-state index contributed by atoms with van der Waals surface area (Å²) >= 11 is 0. The van der Waals surface area contributed by atoms with E-state index in [9.17, 15) is 21.6 Å². The van der Waals surface area contributed by atoms with Crippen LogP contribution in [0.2, 0.25) is 0 Å². The van der Waals surface area contributed by atoms with Crippen molar-refractivity contribution in [1.29, 1.82) is 0 Å². The average molecular weight is 252 g/mol. The normalized spacial score (nSPS) is 40.3. The summed E-state index contributed by atoms with van der Waals surface area (Å²) in [6.07, 6.45) is 1.46. The van der Waals surface area contributed by atoms with Gasteiger partial charge in [-0.05, 0) is 18.3 Å². The van der Waals surface area contributed by atoms with Crippen LogP contribution in [0.3, 0.4) is 0 Å². The lowest BCUT2D eigenvalue weighted by molar-refractivity contribution is -0.118. The molecular weight excluding hydrogens is 240 g/mol. The van der Waals surface area contributed by atoms with E-state index >= 15 is 0 Å². The van der Waals surface area contributed by atoms with Gasteiger partial charge in [-0.1, -0.05) is 6.92 Å². The van der Waals surface area contributed by atoms with Crippen LogP contribution in [0.1, 0.15) is 26.2 Å². The molecule has 2 saturated carbocycles. The lowest BCUT2D eigenvalue weighted by Gasteiger charge is -2.12. The van der Waals surface area contributed by atoms with E-state index in [1.807, 2.05) is 0 Å². The van der Waals surface area contributed by atoms with Gasteiger partial charge in [0.1, 0.15) is 0 Å². The summed E-state index contributed by atoms with van der Waals surface area (Å²) in [7, 11) is -8.61.